The van der Waals surface area contributed by atoms with Crippen LogP contribution in [0.4, 0.5) is 0 Å². The van der Waals surface area contributed by atoms with Crippen LogP contribution in [0.15, 0.2) is 54.6 Å². The lowest BCUT2D eigenvalue weighted by atomic mass is 10.1. The standard InChI is InChI=1S/C18H23NO/c1-14(12-19-18(2,3)4)13-20-17-11-7-9-15-8-5-6-10-16(15)17/h5-11,19H,1,12-13H2,2-4H3. The van der Waals surface area contributed by atoms with Gasteiger partial charge in [0.15, 0.2) is 0 Å². The zero-order valence-electron chi connectivity index (χ0n) is 12.6. The number of ether oxygens (including phenoxy) is 1. The van der Waals surface area contributed by atoms with E-state index in [1.54, 1.807) is 0 Å². The van der Waals surface area contributed by atoms with E-state index in [9.17, 15) is 0 Å². The Morgan fingerprint density at radius 2 is 1.80 bits per heavy atom. The van der Waals surface area contributed by atoms with E-state index in [0.717, 1.165) is 23.3 Å². The Morgan fingerprint density at radius 3 is 2.55 bits per heavy atom. The molecule has 0 aliphatic heterocycles. The van der Waals surface area contributed by atoms with Gasteiger partial charge in [-0.15, -0.1) is 0 Å². The van der Waals surface area contributed by atoms with Crippen molar-refractivity contribution in [2.75, 3.05) is 13.2 Å². The van der Waals surface area contributed by atoms with Crippen LogP contribution in [0.2, 0.25) is 0 Å². The maximum Gasteiger partial charge on any atom is 0.127 e. The predicted octanol–water partition coefficient (Wildman–Crippen LogP) is 4.16. The second-order valence-electron chi connectivity index (χ2n) is 6.12. The summed E-state index contributed by atoms with van der Waals surface area (Å²) in [6.45, 7) is 11.8. The third-order valence-corrected chi connectivity index (χ3v) is 3.05. The highest BCUT2D eigenvalue weighted by Crippen LogP contribution is 2.25. The van der Waals surface area contributed by atoms with E-state index in [1.807, 2.05) is 24.3 Å². The van der Waals surface area contributed by atoms with Crippen LogP contribution in [-0.4, -0.2) is 18.7 Å². The Labute approximate surface area is 121 Å². The van der Waals surface area contributed by atoms with Gasteiger partial charge in [0.25, 0.3) is 0 Å². The fourth-order valence-corrected chi connectivity index (χ4v) is 1.94. The second kappa shape index (κ2) is 6.10. The summed E-state index contributed by atoms with van der Waals surface area (Å²) < 4.78 is 5.91. The number of benzene rings is 2. The van der Waals surface area contributed by atoms with E-state index in [1.165, 1.54) is 5.39 Å². The lowest BCUT2D eigenvalue weighted by Crippen LogP contribution is -2.37. The van der Waals surface area contributed by atoms with E-state index >= 15 is 0 Å². The van der Waals surface area contributed by atoms with Gasteiger partial charge in [-0.25, -0.2) is 0 Å². The van der Waals surface area contributed by atoms with Crippen LogP contribution in [0, 0.1) is 0 Å². The maximum atomic E-state index is 5.91. The largest absolute Gasteiger partial charge is 0.489 e. The van der Waals surface area contributed by atoms with Crippen LogP contribution in [0.1, 0.15) is 20.8 Å². The minimum absolute atomic E-state index is 0.0996. The maximum absolute atomic E-state index is 5.91. The quantitative estimate of drug-likeness (QED) is 0.823. The van der Waals surface area contributed by atoms with Gasteiger partial charge in [-0.3, -0.25) is 0 Å². The third kappa shape index (κ3) is 4.10. The fourth-order valence-electron chi connectivity index (χ4n) is 1.94. The first-order valence-electron chi connectivity index (χ1n) is 6.98. The minimum atomic E-state index is 0.0996. The van der Waals surface area contributed by atoms with Crippen LogP contribution in [0.3, 0.4) is 0 Å². The van der Waals surface area contributed by atoms with Crippen LogP contribution in [-0.2, 0) is 0 Å². The fraction of sp³-hybridized carbons (Fsp3) is 0.333. The topological polar surface area (TPSA) is 21.3 Å². The Hall–Kier alpha value is -1.80. The normalized spacial score (nSPS) is 11.6. The molecule has 0 atom stereocenters. The molecule has 2 aromatic carbocycles. The zero-order chi connectivity index (χ0) is 14.6. The molecule has 1 N–H and O–H groups in total. The van der Waals surface area contributed by atoms with Crippen LogP contribution in [0.5, 0.6) is 5.75 Å². The Balaban J connectivity index is 1.98. The smallest absolute Gasteiger partial charge is 0.127 e. The molecular weight excluding hydrogens is 246 g/mol. The van der Waals surface area contributed by atoms with Gasteiger partial charge in [0, 0.05) is 17.5 Å². The molecule has 2 rings (SSSR count). The molecule has 0 aliphatic rings. The lowest BCUT2D eigenvalue weighted by molar-refractivity contribution is 0.345. The average molecular weight is 269 g/mol. The summed E-state index contributed by atoms with van der Waals surface area (Å²) in [6, 6.07) is 14.4. The molecule has 0 aliphatic carbocycles. The molecular formula is C18H23NO. The van der Waals surface area contributed by atoms with Crippen LogP contribution >= 0.6 is 0 Å². The highest BCUT2D eigenvalue weighted by Gasteiger charge is 2.09. The summed E-state index contributed by atoms with van der Waals surface area (Å²) in [5, 5.41) is 5.76. The van der Waals surface area contributed by atoms with Crippen molar-refractivity contribution in [2.24, 2.45) is 0 Å². The predicted molar refractivity (Wildman–Crippen MR) is 86.3 cm³/mol. The molecule has 106 valence electrons. The number of fused-ring (bicyclic) bond motifs is 1. The van der Waals surface area contributed by atoms with E-state index in [-0.39, 0.29) is 5.54 Å². The van der Waals surface area contributed by atoms with Gasteiger partial charge in [-0.2, -0.15) is 0 Å². The highest BCUT2D eigenvalue weighted by molar-refractivity contribution is 5.88. The first kappa shape index (κ1) is 14.6. The Bertz CT molecular complexity index is 590. The van der Waals surface area contributed by atoms with Crippen molar-refractivity contribution >= 4 is 10.8 Å². The number of hydrogen-bond acceptors (Lipinski definition) is 2. The molecule has 0 heterocycles. The minimum Gasteiger partial charge on any atom is -0.489 e. The van der Waals surface area contributed by atoms with Crippen LogP contribution in [0.25, 0.3) is 10.8 Å². The average Bonchev–Trinajstić information content (AvgIpc) is 2.42. The molecule has 0 aromatic heterocycles. The Morgan fingerprint density at radius 1 is 1.10 bits per heavy atom. The van der Waals surface area contributed by atoms with Gasteiger partial charge in [0.05, 0.1) is 0 Å². The van der Waals surface area contributed by atoms with Gasteiger partial charge < -0.3 is 10.1 Å². The van der Waals surface area contributed by atoms with Crippen molar-refractivity contribution in [3.63, 3.8) is 0 Å². The summed E-state index contributed by atoms with van der Waals surface area (Å²) in [5.41, 5.74) is 1.15. The summed E-state index contributed by atoms with van der Waals surface area (Å²) in [5.74, 6) is 0.917. The van der Waals surface area contributed by atoms with Crippen molar-refractivity contribution in [3.8, 4) is 5.75 Å². The van der Waals surface area contributed by atoms with E-state index in [0.29, 0.717) is 6.61 Å². The molecule has 2 heteroatoms. The second-order valence-corrected chi connectivity index (χ2v) is 6.12. The van der Waals surface area contributed by atoms with Crippen molar-refractivity contribution in [1.82, 2.24) is 5.32 Å². The first-order chi connectivity index (χ1) is 9.46. The van der Waals surface area contributed by atoms with Gasteiger partial charge >= 0.3 is 0 Å². The molecule has 0 fully saturated rings. The SMILES string of the molecule is C=C(CNC(C)(C)C)COc1cccc2ccccc12. The van der Waals surface area contributed by atoms with E-state index in [4.69, 9.17) is 4.74 Å². The first-order valence-corrected chi connectivity index (χ1v) is 6.98. The molecule has 0 unspecified atom stereocenters. The van der Waals surface area contributed by atoms with Crippen molar-refractivity contribution in [1.29, 1.82) is 0 Å². The molecule has 0 saturated heterocycles. The lowest BCUT2D eigenvalue weighted by Gasteiger charge is -2.21. The van der Waals surface area contributed by atoms with Gasteiger partial charge in [0.1, 0.15) is 12.4 Å². The molecule has 2 nitrogen and oxygen atoms in total. The molecule has 20 heavy (non-hydrogen) atoms. The monoisotopic (exact) mass is 269 g/mol. The number of nitrogens with one attached hydrogen (secondary N) is 1. The summed E-state index contributed by atoms with van der Waals surface area (Å²) in [6.07, 6.45) is 0. The van der Waals surface area contributed by atoms with Crippen molar-refractivity contribution < 1.29 is 4.74 Å². The summed E-state index contributed by atoms with van der Waals surface area (Å²) in [7, 11) is 0. The van der Waals surface area contributed by atoms with Gasteiger partial charge in [-0.1, -0.05) is 43.0 Å². The highest BCUT2D eigenvalue weighted by atomic mass is 16.5. The van der Waals surface area contributed by atoms with Gasteiger partial charge in [0.2, 0.25) is 0 Å². The molecule has 2 aromatic rings. The molecule has 0 radical (unpaired) electrons. The molecule has 0 spiro atoms. The third-order valence-electron chi connectivity index (χ3n) is 3.05. The number of rotatable bonds is 5. The number of hydrogen-bond donors (Lipinski definition) is 1. The molecule has 0 amide bonds. The van der Waals surface area contributed by atoms with E-state index in [2.05, 4.69) is 50.9 Å². The summed E-state index contributed by atoms with van der Waals surface area (Å²) in [4.78, 5) is 0. The van der Waals surface area contributed by atoms with Crippen molar-refractivity contribution in [3.05, 3.63) is 54.6 Å². The van der Waals surface area contributed by atoms with E-state index < -0.39 is 0 Å². The van der Waals surface area contributed by atoms with Gasteiger partial charge in [-0.05, 0) is 37.8 Å². The zero-order valence-corrected chi connectivity index (χ0v) is 12.6. The van der Waals surface area contributed by atoms with Crippen molar-refractivity contribution in [2.45, 2.75) is 26.3 Å². The molecule has 0 bridgehead atoms. The molecule has 0 saturated carbocycles. The summed E-state index contributed by atoms with van der Waals surface area (Å²) >= 11 is 0. The van der Waals surface area contributed by atoms with Crippen LogP contribution < -0.4 is 10.1 Å². The Kier molecular flexibility index (Phi) is 4.46.